The molecule has 1 aliphatic heterocycles. The smallest absolute Gasteiger partial charge is 0.248 e. The number of likely N-dealkylation sites (tertiary alicyclic amines) is 1. The van der Waals surface area contributed by atoms with Crippen molar-refractivity contribution in [2.75, 3.05) is 13.7 Å². The molecular weight excluding hydrogens is 348 g/mol. The van der Waals surface area contributed by atoms with E-state index in [-0.39, 0.29) is 30.6 Å². The van der Waals surface area contributed by atoms with Crippen molar-refractivity contribution in [2.24, 2.45) is 5.92 Å². The van der Waals surface area contributed by atoms with Crippen LogP contribution in [0.15, 0.2) is 18.2 Å². The molecule has 1 aromatic heterocycles. The number of hydrogen-bond acceptors (Lipinski definition) is 6. The molecule has 0 unspecified atom stereocenters. The van der Waals surface area contributed by atoms with Gasteiger partial charge in [-0.05, 0) is 18.1 Å². The number of amides is 1. The molecule has 1 saturated heterocycles. The number of nitrogens with zero attached hydrogens (tertiary/aromatic N) is 4. The molecule has 0 bridgehead atoms. The summed E-state index contributed by atoms with van der Waals surface area (Å²) in [5.41, 5.74) is 1.28. The average Bonchev–Trinajstić information content (AvgIpc) is 3.24. The Hall–Kier alpha value is -2.48. The fourth-order valence-electron chi connectivity index (χ4n) is 3.75. The Bertz CT molecular complexity index is 847. The minimum Gasteiger partial charge on any atom is -0.494 e. The second-order valence-electron chi connectivity index (χ2n) is 7.27. The fraction of sp³-hybridized carbons (Fsp3) is 0.579. The van der Waals surface area contributed by atoms with Gasteiger partial charge in [0.15, 0.2) is 11.3 Å². The van der Waals surface area contributed by atoms with Gasteiger partial charge in [-0.3, -0.25) is 9.59 Å². The maximum absolute atomic E-state index is 13.4. The van der Waals surface area contributed by atoms with Crippen LogP contribution >= 0.6 is 0 Å². The quantitative estimate of drug-likeness (QED) is 0.824. The molecule has 8 nitrogen and oxygen atoms in total. The predicted molar refractivity (Wildman–Crippen MR) is 99.4 cm³/mol. The molecule has 3 rings (SSSR count). The monoisotopic (exact) mass is 374 g/mol. The fourth-order valence-corrected chi connectivity index (χ4v) is 3.75. The number of rotatable bonds is 6. The third-order valence-corrected chi connectivity index (χ3v) is 5.12. The lowest BCUT2D eigenvalue weighted by atomic mass is 10.0. The normalized spacial score (nSPS) is 21.0. The summed E-state index contributed by atoms with van der Waals surface area (Å²) < 4.78 is 6.93. The highest BCUT2D eigenvalue weighted by Gasteiger charge is 2.42. The first-order chi connectivity index (χ1) is 12.9. The zero-order valence-corrected chi connectivity index (χ0v) is 16.1. The zero-order chi connectivity index (χ0) is 19.7. The first-order valence-corrected chi connectivity index (χ1v) is 9.28. The maximum atomic E-state index is 13.4. The largest absolute Gasteiger partial charge is 0.494 e. The lowest BCUT2D eigenvalue weighted by Gasteiger charge is -2.29. The van der Waals surface area contributed by atoms with E-state index in [0.29, 0.717) is 23.2 Å². The zero-order valence-electron chi connectivity index (χ0n) is 16.1. The molecule has 2 aromatic rings. The first-order valence-electron chi connectivity index (χ1n) is 9.28. The van der Waals surface area contributed by atoms with Crippen LogP contribution in [0.5, 0.6) is 5.75 Å². The van der Waals surface area contributed by atoms with E-state index in [0.717, 1.165) is 0 Å². The van der Waals surface area contributed by atoms with Gasteiger partial charge in [-0.25, -0.2) is 4.68 Å². The maximum Gasteiger partial charge on any atom is 0.248 e. The van der Waals surface area contributed by atoms with Crippen molar-refractivity contribution in [2.45, 2.75) is 51.8 Å². The Balaban J connectivity index is 2.01. The van der Waals surface area contributed by atoms with E-state index in [1.165, 1.54) is 4.90 Å². The number of ether oxygens (including phenoxy) is 1. The molecule has 2 heterocycles. The van der Waals surface area contributed by atoms with Gasteiger partial charge in [-0.1, -0.05) is 32.1 Å². The third-order valence-electron chi connectivity index (χ3n) is 5.12. The molecule has 146 valence electrons. The van der Waals surface area contributed by atoms with E-state index in [1.807, 2.05) is 26.0 Å². The third kappa shape index (κ3) is 3.41. The van der Waals surface area contributed by atoms with Crippen LogP contribution < -0.4 is 4.74 Å². The van der Waals surface area contributed by atoms with Gasteiger partial charge in [0.1, 0.15) is 11.8 Å². The van der Waals surface area contributed by atoms with Crippen LogP contribution in [0.4, 0.5) is 0 Å². The number of β-amino-alcohol motifs (C(OH)–C–C–N with tert-alkyl or cyclic N) is 1. The number of aromatic nitrogens is 3. The highest BCUT2D eigenvalue weighted by atomic mass is 16.5. The molecule has 1 fully saturated rings. The number of methoxy groups -OCH3 is 1. The van der Waals surface area contributed by atoms with E-state index < -0.39 is 18.2 Å². The standard InChI is InChI=1S/C19H26N4O4/c1-5-15(25)14-9-12(24)10-22(14)19(26)18(11(2)3)23-13-7-6-8-16(27-4)17(13)20-21-23/h6-8,11-12,14,18,24H,5,9-10H2,1-4H3/t12-,14+,18+/m1/s1. The molecule has 8 heteroatoms. The number of carbonyl (C=O) groups excluding carboxylic acids is 2. The summed E-state index contributed by atoms with van der Waals surface area (Å²) in [6, 6.07) is 4.25. The van der Waals surface area contributed by atoms with E-state index in [1.54, 1.807) is 24.8 Å². The van der Waals surface area contributed by atoms with E-state index in [4.69, 9.17) is 4.74 Å². The Morgan fingerprint density at radius 2 is 2.11 bits per heavy atom. The molecule has 27 heavy (non-hydrogen) atoms. The number of aliphatic hydroxyl groups is 1. The second kappa shape index (κ2) is 7.64. The first kappa shape index (κ1) is 19.3. The van der Waals surface area contributed by atoms with E-state index in [2.05, 4.69) is 10.3 Å². The number of aliphatic hydroxyl groups excluding tert-OH is 1. The summed E-state index contributed by atoms with van der Waals surface area (Å²) in [4.78, 5) is 27.2. The van der Waals surface area contributed by atoms with Crippen molar-refractivity contribution in [1.29, 1.82) is 0 Å². The van der Waals surface area contributed by atoms with Gasteiger partial charge in [0.05, 0.1) is 24.8 Å². The lowest BCUT2D eigenvalue weighted by molar-refractivity contribution is -0.141. The highest BCUT2D eigenvalue weighted by Crippen LogP contribution is 2.31. The molecule has 1 N–H and O–H groups in total. The molecule has 0 spiro atoms. The average molecular weight is 374 g/mol. The van der Waals surface area contributed by atoms with Crippen molar-refractivity contribution < 1.29 is 19.4 Å². The van der Waals surface area contributed by atoms with Gasteiger partial charge in [-0.2, -0.15) is 0 Å². The van der Waals surface area contributed by atoms with E-state index >= 15 is 0 Å². The van der Waals surface area contributed by atoms with Crippen LogP contribution in [0, 0.1) is 5.92 Å². The van der Waals surface area contributed by atoms with Gasteiger partial charge in [0.25, 0.3) is 0 Å². The minimum atomic E-state index is -0.685. The Kier molecular flexibility index (Phi) is 5.46. The van der Waals surface area contributed by atoms with Crippen LogP contribution in [0.2, 0.25) is 0 Å². The van der Waals surface area contributed by atoms with Crippen LogP contribution in [0.3, 0.4) is 0 Å². The summed E-state index contributed by atoms with van der Waals surface area (Å²) >= 11 is 0. The molecule has 0 aliphatic carbocycles. The summed E-state index contributed by atoms with van der Waals surface area (Å²) in [6.07, 6.45) is -0.0681. The van der Waals surface area contributed by atoms with Crippen molar-refractivity contribution in [3.8, 4) is 5.75 Å². The number of ketones is 1. The molecule has 1 aromatic carbocycles. The molecule has 0 saturated carbocycles. The summed E-state index contributed by atoms with van der Waals surface area (Å²) in [5.74, 6) is 0.253. The molecular formula is C19H26N4O4. The van der Waals surface area contributed by atoms with Gasteiger partial charge in [0.2, 0.25) is 5.91 Å². The van der Waals surface area contributed by atoms with Crippen LogP contribution in [0.25, 0.3) is 11.0 Å². The van der Waals surface area contributed by atoms with Gasteiger partial charge in [0, 0.05) is 19.4 Å². The summed E-state index contributed by atoms with van der Waals surface area (Å²) in [6.45, 7) is 5.79. The summed E-state index contributed by atoms with van der Waals surface area (Å²) in [7, 11) is 1.56. The number of hydrogen-bond donors (Lipinski definition) is 1. The van der Waals surface area contributed by atoms with Crippen LogP contribution in [-0.4, -0.2) is 62.5 Å². The van der Waals surface area contributed by atoms with Crippen molar-refractivity contribution in [3.05, 3.63) is 18.2 Å². The number of benzene rings is 1. The number of carbonyl (C=O) groups is 2. The number of Topliss-reactive ketones (excluding diaryl/α,β-unsaturated/α-hetero) is 1. The van der Waals surface area contributed by atoms with Gasteiger partial charge in [-0.15, -0.1) is 5.10 Å². The molecule has 0 radical (unpaired) electrons. The van der Waals surface area contributed by atoms with Gasteiger partial charge >= 0.3 is 0 Å². The van der Waals surface area contributed by atoms with Gasteiger partial charge < -0.3 is 14.7 Å². The molecule has 1 amide bonds. The van der Waals surface area contributed by atoms with Crippen molar-refractivity contribution in [3.63, 3.8) is 0 Å². The Labute approximate surface area is 158 Å². The van der Waals surface area contributed by atoms with E-state index in [9.17, 15) is 14.7 Å². The SMILES string of the molecule is CCC(=O)[C@@H]1C[C@@H](O)CN1C(=O)[C@H](C(C)C)n1nnc2c(OC)cccc21. The van der Waals surface area contributed by atoms with Crippen molar-refractivity contribution >= 4 is 22.7 Å². The highest BCUT2D eigenvalue weighted by molar-refractivity contribution is 5.92. The molecule has 3 atom stereocenters. The Morgan fingerprint density at radius 1 is 1.37 bits per heavy atom. The summed E-state index contributed by atoms with van der Waals surface area (Å²) in [5, 5.41) is 18.5. The van der Waals surface area contributed by atoms with Crippen molar-refractivity contribution in [1.82, 2.24) is 19.9 Å². The lowest BCUT2D eigenvalue weighted by Crippen LogP contribution is -2.45. The van der Waals surface area contributed by atoms with Crippen LogP contribution in [0.1, 0.15) is 39.7 Å². The predicted octanol–water partition coefficient (Wildman–Crippen LogP) is 1.58. The van der Waals surface area contributed by atoms with Crippen LogP contribution in [-0.2, 0) is 9.59 Å². The number of fused-ring (bicyclic) bond motifs is 1. The molecule has 1 aliphatic rings. The topological polar surface area (TPSA) is 97.6 Å². The second-order valence-corrected chi connectivity index (χ2v) is 7.27. The minimum absolute atomic E-state index is 0.0347. The Morgan fingerprint density at radius 3 is 2.74 bits per heavy atom.